The molecule has 0 unspecified atom stereocenters. The first-order valence-electron chi connectivity index (χ1n) is 9.41. The zero-order valence-corrected chi connectivity index (χ0v) is 16.6. The summed E-state index contributed by atoms with van der Waals surface area (Å²) in [6, 6.07) is 20.1. The van der Waals surface area contributed by atoms with E-state index in [4.69, 9.17) is 0 Å². The van der Waals surface area contributed by atoms with Crippen LogP contribution >= 0.6 is 0 Å². The number of para-hydroxylation sites is 2. The van der Waals surface area contributed by atoms with E-state index in [1.165, 1.54) is 42.5 Å². The van der Waals surface area contributed by atoms with E-state index in [-0.39, 0.29) is 28.1 Å². The molecule has 0 atom stereocenters. The van der Waals surface area contributed by atoms with Crippen molar-refractivity contribution in [3.8, 4) is 0 Å². The van der Waals surface area contributed by atoms with Crippen LogP contribution in [0.3, 0.4) is 0 Å². The fourth-order valence-electron chi connectivity index (χ4n) is 2.89. The molecule has 3 rings (SSSR count). The highest BCUT2D eigenvalue weighted by Gasteiger charge is 2.22. The summed E-state index contributed by atoms with van der Waals surface area (Å²) in [4.78, 5) is 48.9. The number of nitrogens with one attached hydrogen (secondary N) is 2. The van der Waals surface area contributed by atoms with Gasteiger partial charge in [-0.25, -0.2) is 9.59 Å². The predicted molar refractivity (Wildman–Crippen MR) is 118 cm³/mol. The van der Waals surface area contributed by atoms with Gasteiger partial charge in [-0.2, -0.15) is 0 Å². The van der Waals surface area contributed by atoms with Crippen LogP contribution in [0.1, 0.15) is 26.3 Å². The molecule has 0 aliphatic rings. The number of carboxylic acid groups (broad SMARTS) is 2. The number of hydrogen-bond acceptors (Lipinski definition) is 4. The second-order valence-electron chi connectivity index (χ2n) is 6.58. The van der Waals surface area contributed by atoms with Crippen molar-refractivity contribution in [1.82, 2.24) is 0 Å². The lowest BCUT2D eigenvalue weighted by Gasteiger charge is -2.13. The summed E-state index contributed by atoms with van der Waals surface area (Å²) in [6.07, 6.45) is 1.33. The standard InChI is InChI=1S/C24H18N2O6/c27-21(25-19-12-6-4-10-16(19)23(29)30)18(14-15-8-2-1-3-9-15)22(28)26-20-13-7-5-11-17(20)24(31)32/h1-14H,(H,25,27)(H,26,28)(H,29,30)(H,31,32). The van der Waals surface area contributed by atoms with Crippen LogP contribution in [-0.2, 0) is 9.59 Å². The molecule has 0 heterocycles. The number of hydrogen-bond donors (Lipinski definition) is 4. The molecular weight excluding hydrogens is 412 g/mol. The normalized spacial score (nSPS) is 10.0. The van der Waals surface area contributed by atoms with Gasteiger partial charge in [0.15, 0.2) is 0 Å². The largest absolute Gasteiger partial charge is 0.478 e. The molecule has 8 nitrogen and oxygen atoms in total. The lowest BCUT2D eigenvalue weighted by Crippen LogP contribution is -2.26. The van der Waals surface area contributed by atoms with E-state index < -0.39 is 23.8 Å². The molecule has 0 saturated carbocycles. The van der Waals surface area contributed by atoms with Crippen molar-refractivity contribution in [2.24, 2.45) is 0 Å². The lowest BCUT2D eigenvalue weighted by atomic mass is 10.1. The molecule has 4 N–H and O–H groups in total. The minimum Gasteiger partial charge on any atom is -0.478 e. The highest BCUT2D eigenvalue weighted by molar-refractivity contribution is 6.29. The SMILES string of the molecule is O=C(Nc1ccccc1C(=O)O)C(=Cc1ccccc1)C(=O)Nc1ccccc1C(=O)O. The number of carbonyl (C=O) groups excluding carboxylic acids is 2. The van der Waals surface area contributed by atoms with Crippen LogP contribution in [0.25, 0.3) is 6.08 Å². The van der Waals surface area contributed by atoms with Gasteiger partial charge in [0, 0.05) is 0 Å². The summed E-state index contributed by atoms with van der Waals surface area (Å²) in [5, 5.41) is 23.6. The fourth-order valence-corrected chi connectivity index (χ4v) is 2.89. The average molecular weight is 430 g/mol. The number of amides is 2. The van der Waals surface area contributed by atoms with Crippen molar-refractivity contribution in [3.05, 3.63) is 101 Å². The van der Waals surface area contributed by atoms with Gasteiger partial charge in [0.1, 0.15) is 5.57 Å². The molecule has 0 aliphatic heterocycles. The van der Waals surface area contributed by atoms with Crippen LogP contribution in [-0.4, -0.2) is 34.0 Å². The molecule has 3 aromatic carbocycles. The topological polar surface area (TPSA) is 133 Å². The Labute approximate surface area is 182 Å². The van der Waals surface area contributed by atoms with Gasteiger partial charge in [0.25, 0.3) is 11.8 Å². The van der Waals surface area contributed by atoms with Crippen molar-refractivity contribution < 1.29 is 29.4 Å². The van der Waals surface area contributed by atoms with Gasteiger partial charge < -0.3 is 20.8 Å². The molecule has 0 fully saturated rings. The lowest BCUT2D eigenvalue weighted by molar-refractivity contribution is -0.118. The van der Waals surface area contributed by atoms with Gasteiger partial charge in [-0.15, -0.1) is 0 Å². The van der Waals surface area contributed by atoms with Crippen LogP contribution in [0.5, 0.6) is 0 Å². The Balaban J connectivity index is 1.97. The average Bonchev–Trinajstić information content (AvgIpc) is 2.78. The summed E-state index contributed by atoms with van der Waals surface area (Å²) in [5.74, 6) is -4.19. The molecular formula is C24H18N2O6. The summed E-state index contributed by atoms with van der Waals surface area (Å²) in [6.45, 7) is 0. The maximum atomic E-state index is 13.0. The Hall–Kier alpha value is -4.72. The van der Waals surface area contributed by atoms with Crippen LogP contribution in [0.15, 0.2) is 84.4 Å². The van der Waals surface area contributed by atoms with Gasteiger partial charge >= 0.3 is 11.9 Å². The third kappa shape index (κ3) is 5.25. The number of benzene rings is 3. The summed E-state index contributed by atoms with van der Waals surface area (Å²) < 4.78 is 0. The monoisotopic (exact) mass is 430 g/mol. The molecule has 8 heteroatoms. The van der Waals surface area contributed by atoms with Crippen LogP contribution in [0, 0.1) is 0 Å². The maximum absolute atomic E-state index is 13.0. The minimum absolute atomic E-state index is 0.0164. The van der Waals surface area contributed by atoms with Gasteiger partial charge in [0.2, 0.25) is 0 Å². The van der Waals surface area contributed by atoms with Gasteiger partial charge in [-0.05, 0) is 35.9 Å². The molecule has 160 valence electrons. The molecule has 0 radical (unpaired) electrons. The Kier molecular flexibility index (Phi) is 6.77. The Morgan fingerprint density at radius 3 is 1.44 bits per heavy atom. The Bertz CT molecular complexity index is 1140. The predicted octanol–water partition coefficient (Wildman–Crippen LogP) is 3.74. The molecule has 0 bridgehead atoms. The third-order valence-electron chi connectivity index (χ3n) is 4.41. The van der Waals surface area contributed by atoms with Gasteiger partial charge in [-0.3, -0.25) is 9.59 Å². The first-order valence-corrected chi connectivity index (χ1v) is 9.41. The van der Waals surface area contributed by atoms with E-state index in [9.17, 15) is 29.4 Å². The van der Waals surface area contributed by atoms with Crippen LogP contribution in [0.4, 0.5) is 11.4 Å². The quantitative estimate of drug-likeness (QED) is 0.256. The number of carbonyl (C=O) groups is 4. The minimum atomic E-state index is -1.24. The van der Waals surface area contributed by atoms with Crippen LogP contribution < -0.4 is 10.6 Å². The van der Waals surface area contributed by atoms with E-state index in [0.29, 0.717) is 5.56 Å². The molecule has 0 saturated heterocycles. The fraction of sp³-hybridized carbons (Fsp3) is 0. The number of carboxylic acids is 2. The van der Waals surface area contributed by atoms with Crippen LogP contribution in [0.2, 0.25) is 0 Å². The third-order valence-corrected chi connectivity index (χ3v) is 4.41. The second kappa shape index (κ2) is 9.86. The van der Waals surface area contributed by atoms with Crippen molar-refractivity contribution in [3.63, 3.8) is 0 Å². The summed E-state index contributed by atoms with van der Waals surface area (Å²) >= 11 is 0. The number of anilines is 2. The second-order valence-corrected chi connectivity index (χ2v) is 6.58. The van der Waals surface area contributed by atoms with E-state index in [1.807, 2.05) is 0 Å². The molecule has 0 aliphatic carbocycles. The molecule has 3 aromatic rings. The smallest absolute Gasteiger partial charge is 0.337 e. The van der Waals surface area contributed by atoms with E-state index in [1.54, 1.807) is 42.5 Å². The van der Waals surface area contributed by atoms with Crippen molar-refractivity contribution in [2.75, 3.05) is 10.6 Å². The highest BCUT2D eigenvalue weighted by atomic mass is 16.4. The van der Waals surface area contributed by atoms with Gasteiger partial charge in [0.05, 0.1) is 22.5 Å². The maximum Gasteiger partial charge on any atom is 0.337 e. The summed E-state index contributed by atoms with van der Waals surface area (Å²) in [7, 11) is 0. The summed E-state index contributed by atoms with van der Waals surface area (Å²) in [5.41, 5.74) is -0.0408. The zero-order valence-electron chi connectivity index (χ0n) is 16.6. The molecule has 32 heavy (non-hydrogen) atoms. The van der Waals surface area contributed by atoms with E-state index in [2.05, 4.69) is 10.6 Å². The van der Waals surface area contributed by atoms with Crippen molar-refractivity contribution in [2.45, 2.75) is 0 Å². The van der Waals surface area contributed by atoms with E-state index >= 15 is 0 Å². The number of rotatable bonds is 7. The molecule has 0 spiro atoms. The van der Waals surface area contributed by atoms with Crippen molar-refractivity contribution in [1.29, 1.82) is 0 Å². The highest BCUT2D eigenvalue weighted by Crippen LogP contribution is 2.20. The van der Waals surface area contributed by atoms with Crippen molar-refractivity contribution >= 4 is 41.2 Å². The number of aromatic carboxylic acids is 2. The zero-order chi connectivity index (χ0) is 23.1. The molecule has 2 amide bonds. The Morgan fingerprint density at radius 2 is 1.00 bits per heavy atom. The van der Waals surface area contributed by atoms with Gasteiger partial charge in [-0.1, -0.05) is 54.6 Å². The first-order chi connectivity index (χ1) is 15.4. The Morgan fingerprint density at radius 1 is 0.594 bits per heavy atom. The van der Waals surface area contributed by atoms with E-state index in [0.717, 1.165) is 0 Å². The molecule has 0 aromatic heterocycles. The first kappa shape index (κ1) is 22.0.